The van der Waals surface area contributed by atoms with Crippen molar-refractivity contribution in [3.63, 3.8) is 0 Å². The fraction of sp³-hybridized carbons (Fsp3) is 0.889. The van der Waals surface area contributed by atoms with Crippen molar-refractivity contribution >= 4 is 28.4 Å². The van der Waals surface area contributed by atoms with E-state index in [2.05, 4.69) is 0 Å². The van der Waals surface area contributed by atoms with E-state index in [1.807, 2.05) is 0 Å². The monoisotopic (exact) mass is 271 g/mol. The van der Waals surface area contributed by atoms with Gasteiger partial charge in [0.25, 0.3) is 0 Å². The third-order valence-corrected chi connectivity index (χ3v) is 2.98. The van der Waals surface area contributed by atoms with Crippen molar-refractivity contribution in [2.24, 2.45) is 0 Å². The molecule has 0 saturated carbocycles. The minimum atomic E-state index is -1.28. The van der Waals surface area contributed by atoms with Crippen LogP contribution in [0.5, 0.6) is 0 Å². The van der Waals surface area contributed by atoms with Gasteiger partial charge in [-0.3, -0.25) is 14.9 Å². The summed E-state index contributed by atoms with van der Waals surface area (Å²) in [5.74, 6) is 0.315. The fourth-order valence-electron chi connectivity index (χ4n) is 1.58. The Hall–Kier alpha value is -0.390. The molecule has 0 aliphatic heterocycles. The summed E-state index contributed by atoms with van der Waals surface area (Å²) in [7, 11) is 0. The van der Waals surface area contributed by atoms with E-state index in [4.69, 9.17) is 28.3 Å². The Morgan fingerprint density at radius 1 is 1.38 bits per heavy atom. The smallest absolute Gasteiger partial charge is 0.225 e. The lowest BCUT2D eigenvalue weighted by atomic mass is 9.86. The summed E-state index contributed by atoms with van der Waals surface area (Å²) < 4.78 is 0. The number of carbonyl (C=O) groups excluding carboxylic acids is 1. The molecule has 0 aliphatic carbocycles. The summed E-state index contributed by atoms with van der Waals surface area (Å²) >= 11 is 10.7. The summed E-state index contributed by atoms with van der Waals surface area (Å²) in [5, 5.41) is 19.3. The zero-order valence-corrected chi connectivity index (χ0v) is 10.3. The standard InChI is InChI=1S/C9H15Cl2NO4/c10-6-1-3-9(5-7-13,12(15)16)4-2-8(11)14/h13H,1-7H2. The van der Waals surface area contributed by atoms with Crippen LogP contribution in [-0.2, 0) is 4.79 Å². The average Bonchev–Trinajstić information content (AvgIpc) is 2.22. The lowest BCUT2D eigenvalue weighted by Gasteiger charge is -2.23. The second-order valence-corrected chi connectivity index (χ2v) is 4.40. The molecule has 0 heterocycles. The van der Waals surface area contributed by atoms with E-state index in [0.29, 0.717) is 12.3 Å². The van der Waals surface area contributed by atoms with Crippen LogP contribution in [0.15, 0.2) is 0 Å². The van der Waals surface area contributed by atoms with Gasteiger partial charge in [-0.15, -0.1) is 11.6 Å². The zero-order chi connectivity index (χ0) is 12.6. The average molecular weight is 272 g/mol. The predicted molar refractivity (Wildman–Crippen MR) is 61.5 cm³/mol. The Balaban J connectivity index is 4.63. The minimum absolute atomic E-state index is 0.0149. The van der Waals surface area contributed by atoms with Crippen molar-refractivity contribution < 1.29 is 14.8 Å². The van der Waals surface area contributed by atoms with E-state index in [9.17, 15) is 14.9 Å². The van der Waals surface area contributed by atoms with Gasteiger partial charge in [0.2, 0.25) is 10.8 Å². The van der Waals surface area contributed by atoms with E-state index < -0.39 is 15.7 Å². The van der Waals surface area contributed by atoms with Crippen molar-refractivity contribution in [2.75, 3.05) is 12.5 Å². The van der Waals surface area contributed by atoms with Crippen molar-refractivity contribution in [3.05, 3.63) is 10.1 Å². The highest BCUT2D eigenvalue weighted by Crippen LogP contribution is 2.28. The minimum Gasteiger partial charge on any atom is -0.396 e. The second-order valence-electron chi connectivity index (χ2n) is 3.60. The molecule has 0 radical (unpaired) electrons. The van der Waals surface area contributed by atoms with Gasteiger partial charge in [0.15, 0.2) is 0 Å². The first kappa shape index (κ1) is 15.6. The van der Waals surface area contributed by atoms with Gasteiger partial charge in [0.1, 0.15) is 0 Å². The van der Waals surface area contributed by atoms with Gasteiger partial charge in [-0.1, -0.05) is 0 Å². The van der Waals surface area contributed by atoms with Crippen LogP contribution >= 0.6 is 23.2 Å². The molecule has 0 fully saturated rings. The zero-order valence-electron chi connectivity index (χ0n) is 8.82. The van der Waals surface area contributed by atoms with E-state index in [1.54, 1.807) is 0 Å². The molecule has 1 N–H and O–H groups in total. The molecule has 0 amide bonds. The molecular formula is C9H15Cl2NO4. The van der Waals surface area contributed by atoms with Gasteiger partial charge >= 0.3 is 0 Å². The van der Waals surface area contributed by atoms with E-state index in [1.165, 1.54) is 0 Å². The van der Waals surface area contributed by atoms with Crippen LogP contribution in [0.3, 0.4) is 0 Å². The molecule has 7 heteroatoms. The van der Waals surface area contributed by atoms with Crippen LogP contribution in [-0.4, -0.2) is 33.3 Å². The molecule has 94 valence electrons. The first-order chi connectivity index (χ1) is 7.48. The molecule has 16 heavy (non-hydrogen) atoms. The molecule has 0 aliphatic rings. The second kappa shape index (κ2) is 7.81. The van der Waals surface area contributed by atoms with Crippen LogP contribution in [0.25, 0.3) is 0 Å². The molecule has 0 aromatic rings. The molecule has 5 nitrogen and oxygen atoms in total. The Labute approximate surface area is 104 Å². The Kier molecular flexibility index (Phi) is 7.62. The molecular weight excluding hydrogens is 257 g/mol. The topological polar surface area (TPSA) is 80.4 Å². The summed E-state index contributed by atoms with van der Waals surface area (Å²) in [4.78, 5) is 21.2. The maximum Gasteiger partial charge on any atom is 0.225 e. The van der Waals surface area contributed by atoms with Crippen LogP contribution in [0.2, 0.25) is 0 Å². The van der Waals surface area contributed by atoms with E-state index in [0.717, 1.165) is 0 Å². The van der Waals surface area contributed by atoms with Crippen molar-refractivity contribution in [2.45, 2.75) is 37.6 Å². The maximum atomic E-state index is 11.0. The third kappa shape index (κ3) is 5.09. The molecule has 0 rings (SSSR count). The number of hydrogen-bond donors (Lipinski definition) is 1. The highest BCUT2D eigenvalue weighted by atomic mass is 35.5. The molecule has 0 spiro atoms. The van der Waals surface area contributed by atoms with Gasteiger partial charge in [0.05, 0.1) is 0 Å². The van der Waals surface area contributed by atoms with Crippen molar-refractivity contribution in [1.82, 2.24) is 0 Å². The quantitative estimate of drug-likeness (QED) is 0.301. The lowest BCUT2D eigenvalue weighted by Crippen LogP contribution is -2.40. The van der Waals surface area contributed by atoms with Crippen LogP contribution in [0, 0.1) is 10.1 Å². The SMILES string of the molecule is O=C(Cl)CCC(CCO)(CCCCl)[N+](=O)[O-]. The number of nitrogens with zero attached hydrogens (tertiary/aromatic N) is 1. The molecule has 0 saturated heterocycles. The van der Waals surface area contributed by atoms with Gasteiger partial charge in [0, 0.05) is 43.1 Å². The Bertz CT molecular complexity index is 250. The summed E-state index contributed by atoms with van der Waals surface area (Å²) in [6, 6.07) is 0. The Morgan fingerprint density at radius 2 is 2.00 bits per heavy atom. The summed E-state index contributed by atoms with van der Waals surface area (Å²) in [6.07, 6.45) is 0.707. The van der Waals surface area contributed by atoms with Gasteiger partial charge in [-0.25, -0.2) is 0 Å². The maximum absolute atomic E-state index is 11.0. The van der Waals surface area contributed by atoms with Gasteiger partial charge in [-0.05, 0) is 18.0 Å². The molecule has 0 aromatic carbocycles. The predicted octanol–water partition coefficient (Wildman–Crippen LogP) is 1.95. The molecule has 0 aromatic heterocycles. The summed E-state index contributed by atoms with van der Waals surface area (Å²) in [5.41, 5.74) is -1.28. The largest absolute Gasteiger partial charge is 0.396 e. The number of halogens is 2. The molecule has 0 bridgehead atoms. The van der Waals surface area contributed by atoms with E-state index in [-0.39, 0.29) is 32.3 Å². The third-order valence-electron chi connectivity index (χ3n) is 2.53. The first-order valence-corrected chi connectivity index (χ1v) is 5.89. The number of nitro groups is 1. The number of carbonyl (C=O) groups is 1. The lowest BCUT2D eigenvalue weighted by molar-refractivity contribution is -0.574. The number of rotatable bonds is 9. The van der Waals surface area contributed by atoms with Crippen molar-refractivity contribution in [1.29, 1.82) is 0 Å². The van der Waals surface area contributed by atoms with Crippen molar-refractivity contribution in [3.8, 4) is 0 Å². The number of alkyl halides is 1. The number of aliphatic hydroxyl groups is 1. The highest BCUT2D eigenvalue weighted by Gasteiger charge is 2.41. The first-order valence-electron chi connectivity index (χ1n) is 4.98. The molecule has 1 atom stereocenters. The normalized spacial score (nSPS) is 14.4. The van der Waals surface area contributed by atoms with Gasteiger partial charge in [-0.2, -0.15) is 0 Å². The Morgan fingerprint density at radius 3 is 2.38 bits per heavy atom. The summed E-state index contributed by atoms with van der Waals surface area (Å²) in [6.45, 7) is -0.292. The highest BCUT2D eigenvalue weighted by molar-refractivity contribution is 6.63. The van der Waals surface area contributed by atoms with Crippen LogP contribution in [0.4, 0.5) is 0 Å². The van der Waals surface area contributed by atoms with E-state index >= 15 is 0 Å². The number of aliphatic hydroxyl groups excluding tert-OH is 1. The fourth-order valence-corrected chi connectivity index (χ4v) is 1.81. The molecule has 1 unspecified atom stereocenters. The number of hydrogen-bond acceptors (Lipinski definition) is 4. The van der Waals surface area contributed by atoms with Gasteiger partial charge < -0.3 is 5.11 Å². The van der Waals surface area contributed by atoms with Crippen LogP contribution < -0.4 is 0 Å². The van der Waals surface area contributed by atoms with Crippen LogP contribution in [0.1, 0.15) is 32.1 Å².